The first-order valence-corrected chi connectivity index (χ1v) is 7.02. The number of hydrogen-bond donors (Lipinski definition) is 0. The van der Waals surface area contributed by atoms with E-state index in [9.17, 15) is 4.79 Å². The van der Waals surface area contributed by atoms with E-state index in [0.717, 1.165) is 36.9 Å². The van der Waals surface area contributed by atoms with Gasteiger partial charge in [0.15, 0.2) is 5.78 Å². The molecule has 2 nitrogen and oxygen atoms in total. The van der Waals surface area contributed by atoms with Gasteiger partial charge in [0.2, 0.25) is 0 Å². The van der Waals surface area contributed by atoms with Gasteiger partial charge in [-0.3, -0.25) is 4.79 Å². The van der Waals surface area contributed by atoms with Crippen LogP contribution < -0.4 is 0 Å². The zero-order valence-electron chi connectivity index (χ0n) is 12.1. The van der Waals surface area contributed by atoms with E-state index in [1.807, 2.05) is 20.2 Å². The number of rotatable bonds is 3. The van der Waals surface area contributed by atoms with Crippen LogP contribution in [0.4, 0.5) is 0 Å². The number of carbonyl (C=O) groups is 1. The van der Waals surface area contributed by atoms with Gasteiger partial charge in [-0.15, -0.1) is 0 Å². The van der Waals surface area contributed by atoms with Gasteiger partial charge in [0.05, 0.1) is 0 Å². The summed E-state index contributed by atoms with van der Waals surface area (Å²) in [6, 6.07) is 8.34. The van der Waals surface area contributed by atoms with Gasteiger partial charge in [-0.05, 0) is 57.5 Å². The lowest BCUT2D eigenvalue weighted by Gasteiger charge is -2.25. The summed E-state index contributed by atoms with van der Waals surface area (Å²) in [6.45, 7) is 2.95. The van der Waals surface area contributed by atoms with E-state index in [1.165, 1.54) is 5.56 Å². The van der Waals surface area contributed by atoms with E-state index in [-0.39, 0.29) is 5.92 Å². The van der Waals surface area contributed by atoms with Crippen molar-refractivity contribution in [3.8, 4) is 0 Å². The summed E-state index contributed by atoms with van der Waals surface area (Å²) in [5.41, 5.74) is 3.39. The minimum atomic E-state index is 0.180. The van der Waals surface area contributed by atoms with Crippen LogP contribution in [0.1, 0.15) is 30.4 Å². The highest BCUT2D eigenvalue weighted by molar-refractivity contribution is 6.01. The number of nitrogens with zero attached hydrogens (tertiary/aromatic N) is 1. The van der Waals surface area contributed by atoms with Gasteiger partial charge >= 0.3 is 0 Å². The van der Waals surface area contributed by atoms with Crippen LogP contribution in [0.15, 0.2) is 29.8 Å². The van der Waals surface area contributed by atoms with Crippen molar-refractivity contribution in [2.75, 3.05) is 20.6 Å². The first-order valence-electron chi connectivity index (χ1n) is 7.02. The Morgan fingerprint density at radius 3 is 2.84 bits per heavy atom. The van der Waals surface area contributed by atoms with Crippen molar-refractivity contribution in [2.45, 2.75) is 26.2 Å². The molecular formula is C17H23NO. The van der Waals surface area contributed by atoms with Crippen LogP contribution in [0.5, 0.6) is 0 Å². The van der Waals surface area contributed by atoms with E-state index in [4.69, 9.17) is 0 Å². The van der Waals surface area contributed by atoms with Crippen LogP contribution in [0, 0.1) is 12.8 Å². The highest BCUT2D eigenvalue weighted by Gasteiger charge is 2.26. The molecule has 1 aliphatic rings. The molecular weight excluding hydrogens is 234 g/mol. The molecule has 0 radical (unpaired) electrons. The molecule has 0 saturated heterocycles. The Balaban J connectivity index is 2.17. The second-order valence-electron chi connectivity index (χ2n) is 5.80. The zero-order chi connectivity index (χ0) is 13.8. The fourth-order valence-electron chi connectivity index (χ4n) is 2.77. The third-order valence-electron chi connectivity index (χ3n) is 3.65. The average molecular weight is 257 g/mol. The van der Waals surface area contributed by atoms with Gasteiger partial charge < -0.3 is 4.90 Å². The summed E-state index contributed by atoms with van der Waals surface area (Å²) in [6.07, 6.45) is 5.16. The SMILES string of the molecule is Cc1cccc(C=C2CCCC(CN(C)C)C2=O)c1. The predicted octanol–water partition coefficient (Wildman–Crippen LogP) is 3.31. The summed E-state index contributed by atoms with van der Waals surface area (Å²) in [5.74, 6) is 0.529. The number of hydrogen-bond acceptors (Lipinski definition) is 2. The molecule has 1 aromatic carbocycles. The predicted molar refractivity (Wildman–Crippen MR) is 80.1 cm³/mol. The van der Waals surface area contributed by atoms with Gasteiger partial charge in [-0.2, -0.15) is 0 Å². The molecule has 102 valence electrons. The fourth-order valence-corrected chi connectivity index (χ4v) is 2.77. The minimum Gasteiger partial charge on any atom is -0.309 e. The zero-order valence-corrected chi connectivity index (χ0v) is 12.1. The maximum absolute atomic E-state index is 12.5. The molecule has 1 atom stereocenters. The third-order valence-corrected chi connectivity index (χ3v) is 3.65. The van der Waals surface area contributed by atoms with Crippen molar-refractivity contribution in [2.24, 2.45) is 5.92 Å². The van der Waals surface area contributed by atoms with Crippen molar-refractivity contribution in [1.29, 1.82) is 0 Å². The number of ketones is 1. The first-order chi connectivity index (χ1) is 9.06. The molecule has 19 heavy (non-hydrogen) atoms. The van der Waals surface area contributed by atoms with Crippen molar-refractivity contribution in [1.82, 2.24) is 4.90 Å². The second-order valence-corrected chi connectivity index (χ2v) is 5.80. The van der Waals surface area contributed by atoms with Gasteiger partial charge in [0, 0.05) is 12.5 Å². The van der Waals surface area contributed by atoms with E-state index in [1.54, 1.807) is 0 Å². The van der Waals surface area contributed by atoms with Gasteiger partial charge in [0.1, 0.15) is 0 Å². The molecule has 1 unspecified atom stereocenters. The van der Waals surface area contributed by atoms with Crippen LogP contribution in [0.2, 0.25) is 0 Å². The molecule has 2 heteroatoms. The Morgan fingerprint density at radius 2 is 2.16 bits per heavy atom. The molecule has 0 amide bonds. The van der Waals surface area contributed by atoms with Crippen molar-refractivity contribution in [3.05, 3.63) is 41.0 Å². The molecule has 2 rings (SSSR count). The van der Waals surface area contributed by atoms with E-state index in [0.29, 0.717) is 5.78 Å². The second kappa shape index (κ2) is 6.16. The molecule has 1 saturated carbocycles. The minimum absolute atomic E-state index is 0.180. The molecule has 0 spiro atoms. The van der Waals surface area contributed by atoms with Crippen LogP contribution in [0.3, 0.4) is 0 Å². The Labute approximate surface area is 116 Å². The molecule has 0 aliphatic heterocycles. The fraction of sp³-hybridized carbons (Fsp3) is 0.471. The molecule has 1 aromatic rings. The normalized spacial score (nSPS) is 22.2. The molecule has 0 heterocycles. The Morgan fingerprint density at radius 1 is 1.37 bits per heavy atom. The summed E-state index contributed by atoms with van der Waals surface area (Å²) in [5, 5.41) is 0. The standard InChI is InChI=1S/C17H23NO/c1-13-6-4-7-14(10-13)11-15-8-5-9-16(17(15)19)12-18(2)3/h4,6-7,10-11,16H,5,8-9,12H2,1-3H3. The van der Waals surface area contributed by atoms with E-state index < -0.39 is 0 Å². The maximum Gasteiger partial charge on any atom is 0.163 e. The smallest absolute Gasteiger partial charge is 0.163 e. The van der Waals surface area contributed by atoms with Crippen LogP contribution in [0.25, 0.3) is 6.08 Å². The van der Waals surface area contributed by atoms with Crippen LogP contribution in [-0.2, 0) is 4.79 Å². The topological polar surface area (TPSA) is 20.3 Å². The lowest BCUT2D eigenvalue weighted by atomic mass is 9.83. The van der Waals surface area contributed by atoms with E-state index >= 15 is 0 Å². The largest absolute Gasteiger partial charge is 0.309 e. The van der Waals surface area contributed by atoms with Gasteiger partial charge in [0.25, 0.3) is 0 Å². The summed E-state index contributed by atoms with van der Waals surface area (Å²) < 4.78 is 0. The quantitative estimate of drug-likeness (QED) is 0.774. The maximum atomic E-state index is 12.5. The van der Waals surface area contributed by atoms with Crippen LogP contribution in [-0.4, -0.2) is 31.3 Å². The Hall–Kier alpha value is -1.41. The number of benzene rings is 1. The lowest BCUT2D eigenvalue weighted by molar-refractivity contribution is -0.120. The molecule has 0 aromatic heterocycles. The summed E-state index contributed by atoms with van der Waals surface area (Å²) >= 11 is 0. The number of aryl methyl sites for hydroxylation is 1. The molecule has 1 fully saturated rings. The van der Waals surface area contributed by atoms with Gasteiger partial charge in [-0.1, -0.05) is 29.8 Å². The highest BCUT2D eigenvalue weighted by Crippen LogP contribution is 2.27. The average Bonchev–Trinajstić information content (AvgIpc) is 2.34. The summed E-state index contributed by atoms with van der Waals surface area (Å²) in [4.78, 5) is 14.6. The molecule has 0 N–H and O–H groups in total. The van der Waals surface area contributed by atoms with E-state index in [2.05, 4.69) is 36.1 Å². The lowest BCUT2D eigenvalue weighted by Crippen LogP contribution is -2.31. The van der Waals surface area contributed by atoms with Crippen molar-refractivity contribution < 1.29 is 4.79 Å². The summed E-state index contributed by atoms with van der Waals surface area (Å²) in [7, 11) is 4.07. The first kappa shape index (κ1) is 14.0. The number of carbonyl (C=O) groups excluding carboxylic acids is 1. The Kier molecular flexibility index (Phi) is 4.54. The van der Waals surface area contributed by atoms with Crippen molar-refractivity contribution in [3.63, 3.8) is 0 Å². The van der Waals surface area contributed by atoms with Crippen molar-refractivity contribution >= 4 is 11.9 Å². The Bertz CT molecular complexity index is 488. The number of allylic oxidation sites excluding steroid dienone is 1. The molecule has 0 bridgehead atoms. The van der Waals surface area contributed by atoms with Gasteiger partial charge in [-0.25, -0.2) is 0 Å². The highest BCUT2D eigenvalue weighted by atomic mass is 16.1. The van der Waals surface area contributed by atoms with Crippen LogP contribution >= 0.6 is 0 Å². The monoisotopic (exact) mass is 257 g/mol. The molecule has 1 aliphatic carbocycles. The third kappa shape index (κ3) is 3.77. The number of Topliss-reactive ketones (excluding diaryl/α,β-unsaturated/α-hetero) is 1.